The zero-order chi connectivity index (χ0) is 7.56. The van der Waals surface area contributed by atoms with E-state index in [9.17, 15) is 0 Å². The highest BCUT2D eigenvalue weighted by Gasteiger charge is 1.98. The van der Waals surface area contributed by atoms with Gasteiger partial charge in [0.25, 0.3) is 0 Å². The molecular weight excluding hydrogens is 126 g/mol. The minimum absolute atomic E-state index is 0.581. The van der Waals surface area contributed by atoms with Crippen LogP contribution in [0.2, 0.25) is 0 Å². The normalized spacial score (nSPS) is 9.20. The summed E-state index contributed by atoms with van der Waals surface area (Å²) in [6, 6.07) is 1.76. The predicted octanol–water partition coefficient (Wildman–Crippen LogP) is 1.57. The lowest BCUT2D eigenvalue weighted by molar-refractivity contribution is 1.35. The van der Waals surface area contributed by atoms with E-state index in [4.69, 9.17) is 5.73 Å². The summed E-state index contributed by atoms with van der Waals surface area (Å²) >= 11 is 0. The Bertz CT molecular complexity index is 234. The van der Waals surface area contributed by atoms with E-state index in [1.165, 1.54) is 0 Å². The van der Waals surface area contributed by atoms with Crippen molar-refractivity contribution in [3.05, 3.63) is 18.2 Å². The second-order valence-corrected chi connectivity index (χ2v) is 1.89. The fraction of sp³-hybridized carbons (Fsp3) is 0. The van der Waals surface area contributed by atoms with Crippen molar-refractivity contribution in [2.24, 2.45) is 4.99 Å². The van der Waals surface area contributed by atoms with Gasteiger partial charge in [0, 0.05) is 5.56 Å². The molecule has 3 N–H and O–H groups in total. The van der Waals surface area contributed by atoms with Crippen molar-refractivity contribution in [1.82, 2.24) is 4.98 Å². The van der Waals surface area contributed by atoms with Crippen LogP contribution in [0.4, 0.5) is 11.6 Å². The molecule has 0 saturated carbocycles. The molecule has 0 aliphatic heterocycles. The number of H-pyrrole nitrogens is 1. The monoisotopic (exact) mass is 135 g/mol. The predicted molar refractivity (Wildman–Crippen MR) is 44.5 cm³/mol. The number of nitrogens with one attached hydrogen (secondary N) is 1. The summed E-state index contributed by atoms with van der Waals surface area (Å²) < 4.78 is 0. The number of hydrogen-bond acceptors (Lipinski definition) is 2. The molecule has 10 heavy (non-hydrogen) atoms. The van der Waals surface area contributed by atoms with Crippen LogP contribution in [-0.4, -0.2) is 11.7 Å². The van der Waals surface area contributed by atoms with Gasteiger partial charge < -0.3 is 10.7 Å². The molecule has 0 fully saturated rings. The van der Waals surface area contributed by atoms with Crippen LogP contribution >= 0.6 is 0 Å². The average Bonchev–Trinajstić information content (AvgIpc) is 2.30. The first kappa shape index (κ1) is 6.61. The second-order valence-electron chi connectivity index (χ2n) is 1.89. The third-order valence-corrected chi connectivity index (χ3v) is 1.23. The maximum atomic E-state index is 5.44. The fourth-order valence-corrected chi connectivity index (χ4v) is 0.767. The van der Waals surface area contributed by atoms with Gasteiger partial charge in [-0.3, -0.25) is 0 Å². The molecule has 0 radical (unpaired) electrons. The molecule has 1 rings (SSSR count). The van der Waals surface area contributed by atoms with Crippen LogP contribution < -0.4 is 5.73 Å². The summed E-state index contributed by atoms with van der Waals surface area (Å²) in [5.74, 6) is 1.25. The van der Waals surface area contributed by atoms with Gasteiger partial charge >= 0.3 is 0 Å². The van der Waals surface area contributed by atoms with Crippen LogP contribution in [0.1, 0.15) is 5.56 Å². The van der Waals surface area contributed by atoms with E-state index in [0.717, 1.165) is 5.56 Å². The van der Waals surface area contributed by atoms with Crippen molar-refractivity contribution in [2.45, 2.75) is 0 Å². The summed E-state index contributed by atoms with van der Waals surface area (Å²) in [5, 5.41) is 0. The van der Waals surface area contributed by atoms with E-state index < -0.39 is 0 Å². The van der Waals surface area contributed by atoms with Gasteiger partial charge in [-0.15, -0.1) is 0 Å². The molecule has 0 amide bonds. The molecule has 1 heterocycles. The molecule has 0 aliphatic carbocycles. The lowest BCUT2D eigenvalue weighted by atomic mass is 10.3. The number of nitrogens with zero attached hydrogens (tertiary/aromatic N) is 1. The van der Waals surface area contributed by atoms with Gasteiger partial charge in [0.2, 0.25) is 0 Å². The Morgan fingerprint density at radius 3 is 2.80 bits per heavy atom. The summed E-state index contributed by atoms with van der Waals surface area (Å²) in [4.78, 5) is 6.53. The van der Waals surface area contributed by atoms with E-state index in [-0.39, 0.29) is 0 Å². The van der Waals surface area contributed by atoms with Gasteiger partial charge in [0.1, 0.15) is 11.6 Å². The lowest BCUT2D eigenvalue weighted by Crippen LogP contribution is -1.80. The van der Waals surface area contributed by atoms with E-state index in [0.29, 0.717) is 11.6 Å². The standard InChI is InChI=1S/C7H9N3/c1-3-5-4-6(8)10-7(5)9-2/h3-4,10H,1-2,8H2. The van der Waals surface area contributed by atoms with Crippen LogP contribution in [0.5, 0.6) is 0 Å². The quantitative estimate of drug-likeness (QED) is 0.594. The summed E-state index contributed by atoms with van der Waals surface area (Å²) in [6.45, 7) is 6.96. The number of anilines is 1. The molecular formula is C7H9N3. The third kappa shape index (κ3) is 0.932. The Hall–Kier alpha value is -1.51. The van der Waals surface area contributed by atoms with Gasteiger partial charge in [0.05, 0.1) is 0 Å². The van der Waals surface area contributed by atoms with E-state index in [2.05, 4.69) is 23.3 Å². The van der Waals surface area contributed by atoms with E-state index in [1.54, 1.807) is 12.1 Å². The van der Waals surface area contributed by atoms with Gasteiger partial charge in [-0.1, -0.05) is 12.7 Å². The molecule has 0 bridgehead atoms. The zero-order valence-corrected chi connectivity index (χ0v) is 5.59. The first-order valence-electron chi connectivity index (χ1n) is 2.85. The highest BCUT2D eigenvalue weighted by Crippen LogP contribution is 2.20. The van der Waals surface area contributed by atoms with Crippen LogP contribution in [0.25, 0.3) is 6.08 Å². The minimum atomic E-state index is 0.581. The van der Waals surface area contributed by atoms with Crippen LogP contribution in [0.15, 0.2) is 17.6 Å². The minimum Gasteiger partial charge on any atom is -0.385 e. The average molecular weight is 135 g/mol. The first-order valence-corrected chi connectivity index (χ1v) is 2.85. The lowest BCUT2D eigenvalue weighted by Gasteiger charge is -1.85. The van der Waals surface area contributed by atoms with Gasteiger partial charge in [-0.2, -0.15) is 0 Å². The molecule has 1 aromatic heterocycles. The molecule has 0 aliphatic rings. The van der Waals surface area contributed by atoms with Gasteiger partial charge in [0.15, 0.2) is 0 Å². The Morgan fingerprint density at radius 2 is 2.40 bits per heavy atom. The number of rotatable bonds is 2. The highest BCUT2D eigenvalue weighted by atomic mass is 15.0. The Labute approximate surface area is 59.3 Å². The largest absolute Gasteiger partial charge is 0.385 e. The fourth-order valence-electron chi connectivity index (χ4n) is 0.767. The molecule has 3 heteroatoms. The SMILES string of the molecule is C=Cc1cc(N)[nH]c1N=C. The molecule has 1 aromatic rings. The topological polar surface area (TPSA) is 54.2 Å². The molecule has 52 valence electrons. The van der Waals surface area contributed by atoms with Crippen LogP contribution in [0, 0.1) is 0 Å². The van der Waals surface area contributed by atoms with Crippen LogP contribution in [0.3, 0.4) is 0 Å². The number of aromatic nitrogens is 1. The number of nitrogen functional groups attached to an aromatic ring is 1. The number of nitrogens with two attached hydrogens (primary N) is 1. The van der Waals surface area contributed by atoms with Gasteiger partial charge in [-0.25, -0.2) is 4.99 Å². The first-order chi connectivity index (χ1) is 4.77. The number of aromatic amines is 1. The molecule has 3 nitrogen and oxygen atoms in total. The van der Waals surface area contributed by atoms with Crippen molar-refractivity contribution < 1.29 is 0 Å². The van der Waals surface area contributed by atoms with Crippen molar-refractivity contribution in [3.63, 3.8) is 0 Å². The molecule has 0 unspecified atom stereocenters. The smallest absolute Gasteiger partial charge is 0.138 e. The number of hydrogen-bond donors (Lipinski definition) is 2. The van der Waals surface area contributed by atoms with Crippen molar-refractivity contribution in [3.8, 4) is 0 Å². The summed E-state index contributed by atoms with van der Waals surface area (Å²) in [6.07, 6.45) is 1.68. The molecule has 0 atom stereocenters. The number of aliphatic imine (C=N–C) groups is 1. The molecule has 0 aromatic carbocycles. The molecule has 0 saturated heterocycles. The van der Waals surface area contributed by atoms with Crippen molar-refractivity contribution in [2.75, 3.05) is 5.73 Å². The summed E-state index contributed by atoms with van der Waals surface area (Å²) in [5.41, 5.74) is 6.32. The second kappa shape index (κ2) is 2.39. The highest BCUT2D eigenvalue weighted by molar-refractivity contribution is 5.66. The van der Waals surface area contributed by atoms with E-state index in [1.807, 2.05) is 0 Å². The Balaban J connectivity index is 3.20. The van der Waals surface area contributed by atoms with Gasteiger partial charge in [-0.05, 0) is 12.8 Å². The van der Waals surface area contributed by atoms with E-state index >= 15 is 0 Å². The Kier molecular flexibility index (Phi) is 1.58. The molecule has 0 spiro atoms. The third-order valence-electron chi connectivity index (χ3n) is 1.23. The maximum Gasteiger partial charge on any atom is 0.138 e. The zero-order valence-electron chi connectivity index (χ0n) is 5.59. The summed E-state index contributed by atoms with van der Waals surface area (Å²) in [7, 11) is 0. The Morgan fingerprint density at radius 1 is 1.70 bits per heavy atom. The van der Waals surface area contributed by atoms with Crippen LogP contribution in [-0.2, 0) is 0 Å². The van der Waals surface area contributed by atoms with Crippen molar-refractivity contribution in [1.29, 1.82) is 0 Å². The maximum absolute atomic E-state index is 5.44. The van der Waals surface area contributed by atoms with Crippen molar-refractivity contribution >= 4 is 24.4 Å².